The fraction of sp³-hybridized carbons (Fsp3) is 0.500. The Morgan fingerprint density at radius 2 is 2.33 bits per heavy atom. The maximum Gasteiger partial charge on any atom is 0.177 e. The molecule has 0 spiro atoms. The zero-order chi connectivity index (χ0) is 8.55. The number of hydrogen-bond acceptors (Lipinski definition) is 1. The molecule has 1 aliphatic heterocycles. The van der Waals surface area contributed by atoms with E-state index >= 15 is 0 Å². The van der Waals surface area contributed by atoms with Crippen LogP contribution in [0.4, 0.5) is 0 Å². The summed E-state index contributed by atoms with van der Waals surface area (Å²) in [6, 6.07) is 0. The third kappa shape index (κ3) is 1.36. The maximum absolute atomic E-state index is 11.2. The Bertz CT molecular complexity index is 276. The highest BCUT2D eigenvalue weighted by Gasteiger charge is 2.24. The first-order valence-electron chi connectivity index (χ1n) is 4.33. The van der Waals surface area contributed by atoms with E-state index in [0.717, 1.165) is 11.5 Å². The van der Waals surface area contributed by atoms with Crippen molar-refractivity contribution in [1.29, 1.82) is 0 Å². The monoisotopic (exact) mass is 181 g/mol. The smallest absolute Gasteiger partial charge is 0.177 e. The van der Waals surface area contributed by atoms with E-state index in [1.807, 2.05) is 0 Å². The van der Waals surface area contributed by atoms with Crippen molar-refractivity contribution in [3.8, 4) is 0 Å². The van der Waals surface area contributed by atoms with Gasteiger partial charge in [-0.15, -0.1) is 10.9 Å². The molecule has 0 N–H and O–H groups in total. The normalized spacial score (nSPS) is 23.1. The van der Waals surface area contributed by atoms with Crippen LogP contribution in [0.15, 0.2) is 23.3 Å². The fourth-order valence-corrected chi connectivity index (χ4v) is 3.66. The molecule has 0 saturated heterocycles. The summed E-state index contributed by atoms with van der Waals surface area (Å²) in [7, 11) is 0.0369. The lowest BCUT2D eigenvalue weighted by atomic mass is 10.0. The molecule has 0 amide bonds. The van der Waals surface area contributed by atoms with Crippen molar-refractivity contribution in [3.63, 3.8) is 0 Å². The highest BCUT2D eigenvalue weighted by molar-refractivity contribution is 8.30. The molecule has 0 fully saturated rings. The van der Waals surface area contributed by atoms with E-state index in [1.54, 1.807) is 12.5 Å². The molecule has 1 nitrogen and oxygen atoms in total. The van der Waals surface area contributed by atoms with Gasteiger partial charge in [0.05, 0.1) is 0 Å². The lowest BCUT2D eigenvalue weighted by Gasteiger charge is -2.07. The largest absolute Gasteiger partial charge is 0.288 e. The summed E-state index contributed by atoms with van der Waals surface area (Å²) in [5, 5.41) is 0.387. The van der Waals surface area contributed by atoms with Crippen LogP contribution in [-0.2, 0) is 4.79 Å². The molecule has 2 rings (SSSR count). The molecule has 1 aliphatic carbocycles. The summed E-state index contributed by atoms with van der Waals surface area (Å²) < 4.78 is 0. The highest BCUT2D eigenvalue weighted by atomic mass is 32.2. The van der Waals surface area contributed by atoms with Gasteiger partial charge in [0.1, 0.15) is 0 Å². The summed E-state index contributed by atoms with van der Waals surface area (Å²) in [4.78, 5) is 11.2. The fourth-order valence-electron chi connectivity index (χ4n) is 1.73. The minimum atomic E-state index is 0.0369. The van der Waals surface area contributed by atoms with E-state index in [1.165, 1.54) is 18.4 Å². The molecule has 0 atom stereocenters. The lowest BCUT2D eigenvalue weighted by Crippen LogP contribution is -1.96. The number of hydrogen-bond donors (Lipinski definition) is 0. The van der Waals surface area contributed by atoms with E-state index in [9.17, 15) is 4.79 Å². The average Bonchev–Trinajstić information content (AvgIpc) is 2.46. The first-order valence-corrected chi connectivity index (χ1v) is 5.89. The molecule has 0 bridgehead atoms. The van der Waals surface area contributed by atoms with Crippen molar-refractivity contribution >= 4 is 16.0 Å². The van der Waals surface area contributed by atoms with Crippen LogP contribution in [-0.4, -0.2) is 16.6 Å². The van der Waals surface area contributed by atoms with Crippen molar-refractivity contribution in [2.45, 2.75) is 19.8 Å². The zero-order valence-corrected chi connectivity index (χ0v) is 8.12. The van der Waals surface area contributed by atoms with Crippen LogP contribution in [0.25, 0.3) is 0 Å². The van der Waals surface area contributed by atoms with Crippen molar-refractivity contribution in [3.05, 3.63) is 23.3 Å². The van der Waals surface area contributed by atoms with Crippen LogP contribution in [0.5, 0.6) is 0 Å². The minimum absolute atomic E-state index is 0.0369. The Kier molecular flexibility index (Phi) is 2.09. The predicted octanol–water partition coefficient (Wildman–Crippen LogP) is 2.46. The van der Waals surface area contributed by atoms with E-state index in [4.69, 9.17) is 0 Å². The third-order valence-corrected chi connectivity index (χ3v) is 4.64. The van der Waals surface area contributed by atoms with Crippen molar-refractivity contribution in [2.75, 3.05) is 11.5 Å². The second kappa shape index (κ2) is 3.09. The van der Waals surface area contributed by atoms with Gasteiger partial charge in [0.25, 0.3) is 0 Å². The summed E-state index contributed by atoms with van der Waals surface area (Å²) in [6.07, 6.45) is 6.82. The number of carbonyl (C=O) groups is 1. The molecule has 0 aromatic rings. The highest BCUT2D eigenvalue weighted by Crippen LogP contribution is 2.42. The molecule has 1 radical (unpaired) electrons. The van der Waals surface area contributed by atoms with Crippen LogP contribution in [0.1, 0.15) is 19.8 Å². The number of carbonyl (C=O) groups excluding carboxylic acids is 1. The molecule has 0 aromatic carbocycles. The summed E-state index contributed by atoms with van der Waals surface area (Å²) in [5.41, 5.74) is 3.01. The molecular formula is C10H13OS. The molecule has 2 heteroatoms. The Morgan fingerprint density at radius 3 is 3.00 bits per heavy atom. The van der Waals surface area contributed by atoms with Gasteiger partial charge in [-0.25, -0.2) is 0 Å². The van der Waals surface area contributed by atoms with Crippen LogP contribution in [0, 0.1) is 0 Å². The molecule has 0 saturated carbocycles. The quantitative estimate of drug-likeness (QED) is 0.561. The van der Waals surface area contributed by atoms with Gasteiger partial charge in [-0.05, 0) is 18.4 Å². The van der Waals surface area contributed by atoms with Gasteiger partial charge in [-0.3, -0.25) is 4.79 Å². The van der Waals surface area contributed by atoms with Gasteiger partial charge in [-0.2, -0.15) is 0 Å². The lowest BCUT2D eigenvalue weighted by molar-refractivity contribution is -0.109. The Balaban J connectivity index is 2.12. The maximum atomic E-state index is 11.2. The summed E-state index contributed by atoms with van der Waals surface area (Å²) in [5.74, 6) is 2.09. The van der Waals surface area contributed by atoms with Gasteiger partial charge < -0.3 is 0 Å². The van der Waals surface area contributed by atoms with Crippen molar-refractivity contribution in [2.24, 2.45) is 0 Å². The Labute approximate surface area is 75.9 Å². The summed E-state index contributed by atoms with van der Waals surface area (Å²) in [6.45, 7) is 1.73. The molecule has 12 heavy (non-hydrogen) atoms. The number of rotatable bonds is 0. The molecule has 2 aliphatic rings. The third-order valence-electron chi connectivity index (χ3n) is 2.47. The predicted molar refractivity (Wildman–Crippen MR) is 53.4 cm³/mol. The SMILES string of the molecule is CC(=O)[S]1CC2=C(CCC=C2)C1. The average molecular weight is 181 g/mol. The van der Waals surface area contributed by atoms with E-state index in [0.29, 0.717) is 5.12 Å². The van der Waals surface area contributed by atoms with E-state index < -0.39 is 0 Å². The molecule has 0 unspecified atom stereocenters. The minimum Gasteiger partial charge on any atom is -0.288 e. The zero-order valence-electron chi connectivity index (χ0n) is 7.30. The van der Waals surface area contributed by atoms with Crippen molar-refractivity contribution in [1.82, 2.24) is 0 Å². The van der Waals surface area contributed by atoms with Crippen LogP contribution in [0.2, 0.25) is 0 Å². The van der Waals surface area contributed by atoms with E-state index in [2.05, 4.69) is 12.2 Å². The molecule has 0 aromatic heterocycles. The molecular weight excluding hydrogens is 168 g/mol. The second-order valence-electron chi connectivity index (χ2n) is 3.34. The van der Waals surface area contributed by atoms with Gasteiger partial charge in [-0.1, -0.05) is 17.7 Å². The van der Waals surface area contributed by atoms with Gasteiger partial charge in [0.15, 0.2) is 5.12 Å². The van der Waals surface area contributed by atoms with E-state index in [-0.39, 0.29) is 10.9 Å². The van der Waals surface area contributed by atoms with Gasteiger partial charge in [0.2, 0.25) is 0 Å². The van der Waals surface area contributed by atoms with Crippen molar-refractivity contribution < 1.29 is 4.79 Å². The molecule has 65 valence electrons. The number of allylic oxidation sites excluding steroid dienone is 2. The molecule has 1 heterocycles. The summed E-state index contributed by atoms with van der Waals surface area (Å²) >= 11 is 0. The Hall–Kier alpha value is -0.500. The first-order chi connectivity index (χ1) is 5.77. The van der Waals surface area contributed by atoms with Gasteiger partial charge >= 0.3 is 0 Å². The van der Waals surface area contributed by atoms with Crippen LogP contribution in [0.3, 0.4) is 0 Å². The first kappa shape index (κ1) is 8.11. The van der Waals surface area contributed by atoms with Crippen LogP contribution >= 0.6 is 10.9 Å². The Morgan fingerprint density at radius 1 is 1.50 bits per heavy atom. The second-order valence-corrected chi connectivity index (χ2v) is 5.48. The van der Waals surface area contributed by atoms with Crippen LogP contribution < -0.4 is 0 Å². The van der Waals surface area contributed by atoms with Gasteiger partial charge in [0, 0.05) is 18.4 Å². The standard InChI is InChI=1S/C10H13OS/c1-8(11)12-6-9-4-2-3-5-10(9)7-12/h2,4H,3,5-7H2,1H3. The topological polar surface area (TPSA) is 17.1 Å².